The molecule has 0 amide bonds. The number of thiophene rings is 4. The molecule has 1 atom stereocenters. The van der Waals surface area contributed by atoms with Gasteiger partial charge in [0.1, 0.15) is 0 Å². The van der Waals surface area contributed by atoms with E-state index in [0.29, 0.717) is 0 Å². The third kappa shape index (κ3) is 5.51. The third-order valence-electron chi connectivity index (χ3n) is 9.30. The molecule has 1 aromatic carbocycles. The fourth-order valence-corrected chi connectivity index (χ4v) is 12.3. The Bertz CT molecular complexity index is 1700. The van der Waals surface area contributed by atoms with Gasteiger partial charge in [-0.25, -0.2) is 0 Å². The minimum Gasteiger partial charge on any atom is -0.377 e. The highest BCUT2D eigenvalue weighted by atomic mass is 32.1. The number of anilines is 1. The van der Waals surface area contributed by atoms with Gasteiger partial charge < -0.3 is 11.1 Å². The van der Waals surface area contributed by atoms with Crippen LogP contribution in [0.3, 0.4) is 0 Å². The summed E-state index contributed by atoms with van der Waals surface area (Å²) in [6, 6.07) is 10.1. The molecule has 3 N–H and O–H groups in total. The summed E-state index contributed by atoms with van der Waals surface area (Å²) in [4.78, 5) is 4.43. The predicted molar refractivity (Wildman–Crippen MR) is 192 cm³/mol. The van der Waals surface area contributed by atoms with Gasteiger partial charge in [0.2, 0.25) is 0 Å². The summed E-state index contributed by atoms with van der Waals surface area (Å²) in [6.45, 7) is 5.67. The lowest BCUT2D eigenvalue weighted by molar-refractivity contribution is 0.560. The van der Waals surface area contributed by atoms with Gasteiger partial charge in [-0.1, -0.05) is 78.1 Å². The highest BCUT2D eigenvalue weighted by Gasteiger charge is 2.31. The molecule has 1 unspecified atom stereocenters. The van der Waals surface area contributed by atoms with E-state index in [1.807, 2.05) is 45.3 Å². The molecule has 0 aliphatic heterocycles. The summed E-state index contributed by atoms with van der Waals surface area (Å²) in [5, 5.41) is 5.08. The molecule has 4 aromatic heterocycles. The molecule has 0 spiro atoms. The molecular weight excluding hydrogens is 589 g/mol. The minimum atomic E-state index is 0.192. The van der Waals surface area contributed by atoms with E-state index >= 15 is 0 Å². The molecule has 0 radical (unpaired) electrons. The third-order valence-corrected chi connectivity index (χ3v) is 14.5. The molecule has 2 aliphatic carbocycles. The maximum Gasteiger partial charge on any atom is 0.0903 e. The van der Waals surface area contributed by atoms with Crippen LogP contribution in [0.1, 0.15) is 124 Å². The van der Waals surface area contributed by atoms with Crippen LogP contribution in [0, 0.1) is 0 Å². The number of nitrogens with one attached hydrogen (secondary N) is 1. The van der Waals surface area contributed by atoms with Crippen molar-refractivity contribution < 1.29 is 0 Å². The lowest BCUT2D eigenvalue weighted by Crippen LogP contribution is -2.08. The van der Waals surface area contributed by atoms with Gasteiger partial charge in [-0.3, -0.25) is 0 Å². The van der Waals surface area contributed by atoms with E-state index in [1.54, 1.807) is 11.1 Å². The Kier molecular flexibility index (Phi) is 8.80. The van der Waals surface area contributed by atoms with Crippen LogP contribution in [0.4, 0.5) is 5.00 Å². The first-order chi connectivity index (χ1) is 20.6. The average Bonchev–Trinajstić information content (AvgIpc) is 3.80. The first-order valence-electron chi connectivity index (χ1n) is 16.4. The first kappa shape index (κ1) is 29.0. The molecule has 2 nitrogen and oxygen atoms in total. The lowest BCUT2D eigenvalue weighted by Gasteiger charge is -2.08. The van der Waals surface area contributed by atoms with Crippen molar-refractivity contribution in [2.24, 2.45) is 5.73 Å². The second kappa shape index (κ2) is 12.7. The van der Waals surface area contributed by atoms with Crippen molar-refractivity contribution in [1.82, 2.24) is 0 Å². The number of unbranched alkanes of at least 4 members (excludes halogenated alkanes) is 9. The highest BCUT2D eigenvalue weighted by Crippen LogP contribution is 2.55. The van der Waals surface area contributed by atoms with Gasteiger partial charge in [-0.05, 0) is 70.5 Å². The summed E-state index contributed by atoms with van der Waals surface area (Å²) >= 11 is 7.97. The van der Waals surface area contributed by atoms with Crippen molar-refractivity contribution in [2.45, 2.75) is 110 Å². The van der Waals surface area contributed by atoms with Gasteiger partial charge in [0.15, 0.2) is 0 Å². The van der Waals surface area contributed by atoms with E-state index in [2.05, 4.69) is 43.4 Å². The van der Waals surface area contributed by atoms with Gasteiger partial charge in [0.05, 0.1) is 9.70 Å². The second-order valence-electron chi connectivity index (χ2n) is 12.5. The number of hydrogen-bond donors (Lipinski definition) is 2. The molecule has 7 rings (SSSR count). The Labute approximate surface area is 267 Å². The van der Waals surface area contributed by atoms with Gasteiger partial charge in [-0.2, -0.15) is 0 Å². The van der Waals surface area contributed by atoms with E-state index in [1.165, 1.54) is 131 Å². The number of benzene rings is 1. The van der Waals surface area contributed by atoms with E-state index in [9.17, 15) is 0 Å². The van der Waals surface area contributed by atoms with Crippen molar-refractivity contribution in [3.63, 3.8) is 0 Å². The number of nitrogens with two attached hydrogens (primary N) is 1. The fraction of sp³-hybridized carbons (Fsp3) is 0.500. The Morgan fingerprint density at radius 2 is 1.24 bits per heavy atom. The maximum absolute atomic E-state index is 6.67. The summed E-state index contributed by atoms with van der Waals surface area (Å²) in [6.07, 6.45) is 17.9. The SMILES string of the molecule is CCCCCCCCNc1cc2sc3c(c2s1)Cc1cc2c(cc1-3)Cc1c-2sc2cc(C(N)CCCCCCC)sc12. The fourth-order valence-electron chi connectivity index (χ4n) is 6.93. The van der Waals surface area contributed by atoms with Crippen molar-refractivity contribution in [3.8, 4) is 20.9 Å². The van der Waals surface area contributed by atoms with Crippen LogP contribution in [-0.2, 0) is 12.8 Å². The van der Waals surface area contributed by atoms with E-state index in [0.717, 1.165) is 25.8 Å². The van der Waals surface area contributed by atoms with E-state index in [4.69, 9.17) is 5.73 Å². The molecule has 5 aromatic rings. The summed E-state index contributed by atoms with van der Waals surface area (Å²) in [5.74, 6) is 0. The Hall–Kier alpha value is -1.70. The normalized spacial score (nSPS) is 14.1. The highest BCUT2D eigenvalue weighted by molar-refractivity contribution is 7.32. The number of fused-ring (bicyclic) bond motifs is 10. The molecule has 6 heteroatoms. The lowest BCUT2D eigenvalue weighted by atomic mass is 10.0. The molecule has 0 saturated carbocycles. The number of hydrogen-bond acceptors (Lipinski definition) is 6. The molecular formula is C36H44N2S4. The standard InChI is InChI=1S/C36H44N2S4/c1-3-5-7-9-11-13-15-38-32-21-31-36(42-32)27-19-23-17-24-22(16-25(23)34(27)41-31)18-26-33(24)40-30-20-29(39-35(26)30)28(37)14-12-10-8-6-4-2/h16-17,20-21,28,38H,3-15,18-19,37H2,1-2H3. The molecule has 0 saturated heterocycles. The first-order valence-corrected chi connectivity index (χ1v) is 19.7. The van der Waals surface area contributed by atoms with Crippen LogP contribution in [0.2, 0.25) is 0 Å². The van der Waals surface area contributed by atoms with Crippen LogP contribution >= 0.6 is 45.3 Å². The van der Waals surface area contributed by atoms with Gasteiger partial charge in [0.25, 0.3) is 0 Å². The summed E-state index contributed by atoms with van der Waals surface area (Å²) < 4.78 is 5.94. The van der Waals surface area contributed by atoms with Gasteiger partial charge in [0, 0.05) is 54.2 Å². The smallest absolute Gasteiger partial charge is 0.0903 e. The van der Waals surface area contributed by atoms with Crippen molar-refractivity contribution >= 4 is 69.1 Å². The minimum absolute atomic E-state index is 0.192. The zero-order chi connectivity index (χ0) is 28.6. The van der Waals surface area contributed by atoms with Crippen LogP contribution in [-0.4, -0.2) is 6.54 Å². The average molecular weight is 633 g/mol. The van der Waals surface area contributed by atoms with E-state index < -0.39 is 0 Å². The zero-order valence-electron chi connectivity index (χ0n) is 25.2. The summed E-state index contributed by atoms with van der Waals surface area (Å²) in [5.41, 5.74) is 15.9. The Morgan fingerprint density at radius 3 is 1.90 bits per heavy atom. The van der Waals surface area contributed by atoms with Crippen LogP contribution in [0.15, 0.2) is 24.3 Å². The second-order valence-corrected chi connectivity index (χ2v) is 16.7. The topological polar surface area (TPSA) is 38.0 Å². The van der Waals surface area contributed by atoms with Crippen LogP contribution in [0.25, 0.3) is 39.7 Å². The van der Waals surface area contributed by atoms with Crippen molar-refractivity contribution in [1.29, 1.82) is 0 Å². The molecule has 0 fully saturated rings. The predicted octanol–water partition coefficient (Wildman–Crippen LogP) is 12.5. The molecule has 222 valence electrons. The Balaban J connectivity index is 1.03. The number of rotatable bonds is 15. The monoisotopic (exact) mass is 632 g/mol. The largest absolute Gasteiger partial charge is 0.377 e. The maximum atomic E-state index is 6.67. The molecule has 0 bridgehead atoms. The zero-order valence-corrected chi connectivity index (χ0v) is 28.5. The van der Waals surface area contributed by atoms with Gasteiger partial charge >= 0.3 is 0 Å². The van der Waals surface area contributed by atoms with E-state index in [-0.39, 0.29) is 6.04 Å². The molecule has 4 heterocycles. The quantitative estimate of drug-likeness (QED) is 0.110. The van der Waals surface area contributed by atoms with Gasteiger partial charge in [-0.15, -0.1) is 45.3 Å². The van der Waals surface area contributed by atoms with Crippen molar-refractivity contribution in [3.05, 3.63) is 51.4 Å². The van der Waals surface area contributed by atoms with Crippen LogP contribution < -0.4 is 11.1 Å². The molecule has 2 aliphatic rings. The molecule has 42 heavy (non-hydrogen) atoms. The van der Waals surface area contributed by atoms with Crippen molar-refractivity contribution in [2.75, 3.05) is 11.9 Å². The Morgan fingerprint density at radius 1 is 0.667 bits per heavy atom. The summed E-state index contributed by atoms with van der Waals surface area (Å²) in [7, 11) is 0. The van der Waals surface area contributed by atoms with Crippen LogP contribution in [0.5, 0.6) is 0 Å².